The van der Waals surface area contributed by atoms with E-state index in [-0.39, 0.29) is 17.7 Å². The Balaban J connectivity index is 1.60. The number of rotatable bonds is 3. The minimum atomic E-state index is -0.386. The molecule has 4 rings (SSSR count). The van der Waals surface area contributed by atoms with Crippen molar-refractivity contribution in [2.24, 2.45) is 0 Å². The molecule has 2 aliphatic heterocycles. The van der Waals surface area contributed by atoms with Gasteiger partial charge in [0.25, 0.3) is 0 Å². The van der Waals surface area contributed by atoms with Gasteiger partial charge in [0, 0.05) is 30.8 Å². The number of amides is 2. The Morgan fingerprint density at radius 2 is 1.78 bits per heavy atom. The fraction of sp³-hybridized carbons (Fsp3) is 0.333. The van der Waals surface area contributed by atoms with Gasteiger partial charge in [0.1, 0.15) is 0 Å². The van der Waals surface area contributed by atoms with E-state index in [4.69, 9.17) is 16.3 Å². The SMILES string of the molecule is O=C1CCC(c2cccc(-c3ccc(N4CCOCC4)cc3)c2Cl)C(=O)N1. The largest absolute Gasteiger partial charge is 0.378 e. The number of ether oxygens (including phenoxy) is 1. The van der Waals surface area contributed by atoms with Crippen molar-refractivity contribution in [2.75, 3.05) is 31.2 Å². The summed E-state index contributed by atoms with van der Waals surface area (Å²) in [5, 5.41) is 2.98. The second kappa shape index (κ2) is 7.71. The van der Waals surface area contributed by atoms with Gasteiger partial charge in [-0.1, -0.05) is 41.9 Å². The maximum absolute atomic E-state index is 12.2. The van der Waals surface area contributed by atoms with E-state index in [1.165, 1.54) is 5.69 Å². The first-order valence-electron chi connectivity index (χ1n) is 9.19. The van der Waals surface area contributed by atoms with Gasteiger partial charge in [-0.05, 0) is 29.7 Å². The third kappa shape index (κ3) is 3.70. The van der Waals surface area contributed by atoms with Gasteiger partial charge in [-0.2, -0.15) is 0 Å². The van der Waals surface area contributed by atoms with Crippen LogP contribution in [0.4, 0.5) is 5.69 Å². The zero-order valence-electron chi connectivity index (χ0n) is 14.9. The lowest BCUT2D eigenvalue weighted by Crippen LogP contribution is -2.39. The smallest absolute Gasteiger partial charge is 0.234 e. The van der Waals surface area contributed by atoms with E-state index in [1.807, 2.05) is 18.2 Å². The number of carbonyl (C=O) groups is 2. The summed E-state index contributed by atoms with van der Waals surface area (Å²) in [4.78, 5) is 25.9. The summed E-state index contributed by atoms with van der Waals surface area (Å²) in [6, 6.07) is 14.0. The molecule has 2 amide bonds. The Hall–Kier alpha value is -2.37. The fourth-order valence-electron chi connectivity index (χ4n) is 3.71. The van der Waals surface area contributed by atoms with Gasteiger partial charge < -0.3 is 9.64 Å². The molecule has 0 radical (unpaired) electrons. The highest BCUT2D eigenvalue weighted by Crippen LogP contribution is 2.37. The predicted molar refractivity (Wildman–Crippen MR) is 105 cm³/mol. The molecule has 0 aliphatic carbocycles. The summed E-state index contributed by atoms with van der Waals surface area (Å²) in [5.74, 6) is -0.877. The number of hydrogen-bond donors (Lipinski definition) is 1. The highest BCUT2D eigenvalue weighted by atomic mass is 35.5. The number of hydrogen-bond acceptors (Lipinski definition) is 4. The molecule has 0 aromatic heterocycles. The van der Waals surface area contributed by atoms with Crippen LogP contribution in [0.3, 0.4) is 0 Å². The van der Waals surface area contributed by atoms with Gasteiger partial charge in [0.05, 0.1) is 24.2 Å². The molecule has 6 heteroatoms. The Kier molecular flexibility index (Phi) is 5.14. The van der Waals surface area contributed by atoms with Crippen molar-refractivity contribution in [2.45, 2.75) is 18.8 Å². The van der Waals surface area contributed by atoms with Gasteiger partial charge in [-0.3, -0.25) is 14.9 Å². The number of morpholine rings is 1. The van der Waals surface area contributed by atoms with Gasteiger partial charge in [0.2, 0.25) is 11.8 Å². The van der Waals surface area contributed by atoms with Crippen LogP contribution in [0.2, 0.25) is 5.02 Å². The van der Waals surface area contributed by atoms with Gasteiger partial charge in [-0.25, -0.2) is 0 Å². The van der Waals surface area contributed by atoms with Crippen molar-refractivity contribution in [3.8, 4) is 11.1 Å². The van der Waals surface area contributed by atoms with Crippen molar-refractivity contribution in [1.29, 1.82) is 0 Å². The minimum Gasteiger partial charge on any atom is -0.378 e. The molecule has 5 nitrogen and oxygen atoms in total. The molecular formula is C21H21ClN2O3. The number of benzene rings is 2. The van der Waals surface area contributed by atoms with Crippen LogP contribution in [0, 0.1) is 0 Å². The lowest BCUT2D eigenvalue weighted by molar-refractivity contribution is -0.134. The monoisotopic (exact) mass is 384 g/mol. The van der Waals surface area contributed by atoms with E-state index in [2.05, 4.69) is 34.5 Å². The van der Waals surface area contributed by atoms with Crippen molar-refractivity contribution in [3.63, 3.8) is 0 Å². The number of nitrogens with one attached hydrogen (secondary N) is 1. The normalized spacial score (nSPS) is 20.5. The average Bonchev–Trinajstić information content (AvgIpc) is 2.70. The van der Waals surface area contributed by atoms with Crippen LogP contribution in [0.15, 0.2) is 42.5 Å². The molecule has 1 unspecified atom stereocenters. The first kappa shape index (κ1) is 18.0. The molecule has 0 saturated carbocycles. The topological polar surface area (TPSA) is 58.6 Å². The maximum atomic E-state index is 12.2. The lowest BCUT2D eigenvalue weighted by Gasteiger charge is -2.29. The molecule has 2 fully saturated rings. The average molecular weight is 385 g/mol. The third-order valence-corrected chi connectivity index (χ3v) is 5.62. The second-order valence-electron chi connectivity index (χ2n) is 6.86. The van der Waals surface area contributed by atoms with Crippen molar-refractivity contribution >= 4 is 29.1 Å². The first-order valence-corrected chi connectivity index (χ1v) is 9.56. The molecule has 0 spiro atoms. The maximum Gasteiger partial charge on any atom is 0.234 e. The van der Waals surface area contributed by atoms with E-state index in [1.54, 1.807) is 0 Å². The van der Waals surface area contributed by atoms with Gasteiger partial charge in [-0.15, -0.1) is 0 Å². The lowest BCUT2D eigenvalue weighted by atomic mass is 9.88. The van der Waals surface area contributed by atoms with E-state index >= 15 is 0 Å². The van der Waals surface area contributed by atoms with Crippen molar-refractivity contribution in [3.05, 3.63) is 53.1 Å². The zero-order valence-corrected chi connectivity index (χ0v) is 15.7. The molecule has 2 saturated heterocycles. The Morgan fingerprint density at radius 3 is 2.48 bits per heavy atom. The summed E-state index contributed by atoms with van der Waals surface area (Å²) in [6.45, 7) is 3.29. The van der Waals surface area contributed by atoms with E-state index < -0.39 is 0 Å². The van der Waals surface area contributed by atoms with Gasteiger partial charge >= 0.3 is 0 Å². The number of anilines is 1. The molecule has 1 N–H and O–H groups in total. The molecule has 1 atom stereocenters. The van der Waals surface area contributed by atoms with Crippen LogP contribution in [0.25, 0.3) is 11.1 Å². The highest BCUT2D eigenvalue weighted by molar-refractivity contribution is 6.34. The Morgan fingerprint density at radius 1 is 1.04 bits per heavy atom. The summed E-state index contributed by atoms with van der Waals surface area (Å²) in [6.07, 6.45) is 0.828. The Labute approximate surface area is 163 Å². The number of halogens is 1. The van der Waals surface area contributed by atoms with Crippen LogP contribution in [-0.4, -0.2) is 38.1 Å². The molecule has 2 aromatic carbocycles. The van der Waals surface area contributed by atoms with Crippen LogP contribution in [0.1, 0.15) is 24.3 Å². The van der Waals surface area contributed by atoms with Crippen molar-refractivity contribution < 1.29 is 14.3 Å². The number of nitrogens with zero attached hydrogens (tertiary/aromatic N) is 1. The summed E-state index contributed by atoms with van der Waals surface area (Å²) < 4.78 is 5.40. The van der Waals surface area contributed by atoms with E-state index in [0.29, 0.717) is 17.9 Å². The first-order chi connectivity index (χ1) is 13.1. The number of carbonyl (C=O) groups excluding carboxylic acids is 2. The number of imide groups is 1. The molecule has 2 aromatic rings. The van der Waals surface area contributed by atoms with Gasteiger partial charge in [0.15, 0.2) is 0 Å². The standard InChI is InChI=1S/C21H21ClN2O3/c22-20-16(2-1-3-17(20)18-8-9-19(25)23-21(18)26)14-4-6-15(7-5-14)24-10-12-27-13-11-24/h1-7,18H,8-13H2,(H,23,25,26). The molecular weight excluding hydrogens is 364 g/mol. The molecule has 0 bridgehead atoms. The third-order valence-electron chi connectivity index (χ3n) is 5.20. The van der Waals surface area contributed by atoms with Crippen LogP contribution < -0.4 is 10.2 Å². The highest BCUT2D eigenvalue weighted by Gasteiger charge is 2.30. The number of piperidine rings is 1. The predicted octanol–water partition coefficient (Wildman–Crippen LogP) is 3.36. The van der Waals surface area contributed by atoms with Crippen molar-refractivity contribution in [1.82, 2.24) is 5.32 Å². The second-order valence-corrected chi connectivity index (χ2v) is 7.24. The van der Waals surface area contributed by atoms with Crippen LogP contribution in [0.5, 0.6) is 0 Å². The molecule has 2 heterocycles. The Bertz CT molecular complexity index is 860. The molecule has 27 heavy (non-hydrogen) atoms. The summed E-state index contributed by atoms with van der Waals surface area (Å²) in [7, 11) is 0. The van der Waals surface area contributed by atoms with E-state index in [9.17, 15) is 9.59 Å². The minimum absolute atomic E-state index is 0.220. The summed E-state index contributed by atoms with van der Waals surface area (Å²) >= 11 is 6.67. The van der Waals surface area contributed by atoms with E-state index in [0.717, 1.165) is 43.0 Å². The quantitative estimate of drug-likeness (QED) is 0.824. The zero-order chi connectivity index (χ0) is 18.8. The van der Waals surface area contributed by atoms with Crippen LogP contribution >= 0.6 is 11.6 Å². The summed E-state index contributed by atoms with van der Waals surface area (Å²) in [5.41, 5.74) is 3.84. The van der Waals surface area contributed by atoms with Crippen LogP contribution in [-0.2, 0) is 14.3 Å². The fourth-order valence-corrected chi connectivity index (χ4v) is 4.07. The molecule has 2 aliphatic rings. The molecule has 140 valence electrons.